The molecule has 1 atom stereocenters. The largest absolute Gasteiger partial charge is 0.692 e. The lowest BCUT2D eigenvalue weighted by Crippen LogP contribution is -2.24. The van der Waals surface area contributed by atoms with Crippen LogP contribution in [0.3, 0.4) is 0 Å². The maximum Gasteiger partial charge on any atom is 0.692 e. The first-order valence-electron chi connectivity index (χ1n) is 8.36. The molecule has 2 aromatic heterocycles. The van der Waals surface area contributed by atoms with Crippen LogP contribution >= 0.6 is 70.4 Å². The second-order valence-corrected chi connectivity index (χ2v) is 12.0. The molecule has 0 radical (unpaired) electrons. The van der Waals surface area contributed by atoms with Crippen molar-refractivity contribution in [2.24, 2.45) is 0 Å². The Morgan fingerprint density at radius 2 is 1.38 bits per heavy atom. The van der Waals surface area contributed by atoms with Gasteiger partial charge in [-0.3, -0.25) is 4.57 Å². The second kappa shape index (κ2) is 10.2. The van der Waals surface area contributed by atoms with Gasteiger partial charge >= 0.3 is 27.6 Å². The maximum atomic E-state index is 14.9. The first-order chi connectivity index (χ1) is 15.7. The van der Waals surface area contributed by atoms with Gasteiger partial charge in [-0.1, -0.05) is 31.9 Å². The van der Waals surface area contributed by atoms with Crippen LogP contribution in [0.25, 0.3) is 20.4 Å². The molecule has 3 N–H and O–H groups in total. The highest BCUT2D eigenvalue weighted by molar-refractivity contribution is 9.10. The van der Waals surface area contributed by atoms with Gasteiger partial charge in [0, 0.05) is 19.1 Å². The molecular weight excluding hydrogens is 678 g/mol. The SMILES string of the molecule is O=P(O)(OC(F)(F)c1cc2ncsc2cc1Br)C(F)(F)c1cc2scnc2cc1Br.O=[P+](O)O. The number of rotatable bonds is 5. The normalized spacial score (nSPS) is 14.0. The molecule has 0 aliphatic carbocycles. The maximum absolute atomic E-state index is 14.9. The van der Waals surface area contributed by atoms with Crippen LogP contribution in [0.1, 0.15) is 11.1 Å². The van der Waals surface area contributed by atoms with Gasteiger partial charge in [0.2, 0.25) is 0 Å². The minimum atomic E-state index is -6.22. The molecule has 0 spiro atoms. The van der Waals surface area contributed by atoms with E-state index in [1.807, 2.05) is 0 Å². The molecule has 0 saturated heterocycles. The highest BCUT2D eigenvalue weighted by Gasteiger charge is 2.59. The molecule has 0 bridgehead atoms. The van der Waals surface area contributed by atoms with Crippen molar-refractivity contribution in [1.82, 2.24) is 9.97 Å². The summed E-state index contributed by atoms with van der Waals surface area (Å²) in [6.07, 6.45) is -4.51. The Labute approximate surface area is 213 Å². The molecule has 0 fully saturated rings. The van der Waals surface area contributed by atoms with Crippen LogP contribution in [-0.2, 0) is 25.4 Å². The van der Waals surface area contributed by atoms with Crippen LogP contribution in [0.4, 0.5) is 17.6 Å². The van der Waals surface area contributed by atoms with Crippen LogP contribution in [0, 0.1) is 0 Å². The fraction of sp³-hybridized carbons (Fsp3) is 0.125. The molecule has 0 aliphatic rings. The number of nitrogens with zero attached hydrogens (tertiary/aromatic N) is 2. The number of benzene rings is 2. The topological polar surface area (TPSA) is 130 Å². The molecule has 1 unspecified atom stereocenters. The second-order valence-electron chi connectivity index (χ2n) is 6.23. The molecule has 2 heterocycles. The van der Waals surface area contributed by atoms with E-state index in [2.05, 4.69) is 46.4 Å². The zero-order valence-corrected chi connectivity index (χ0v) is 22.5. The zero-order chi connectivity index (χ0) is 25.5. The summed E-state index contributed by atoms with van der Waals surface area (Å²) in [5.41, 5.74) is -3.15. The number of alkyl halides is 4. The summed E-state index contributed by atoms with van der Waals surface area (Å²) in [6, 6.07) is 4.33. The molecule has 34 heavy (non-hydrogen) atoms. The summed E-state index contributed by atoms with van der Waals surface area (Å²) in [7, 11) is -9.09. The van der Waals surface area contributed by atoms with Crippen molar-refractivity contribution in [3.8, 4) is 0 Å². The minimum absolute atomic E-state index is 0.166. The number of hydrogen-bond acceptors (Lipinski definition) is 7. The van der Waals surface area contributed by atoms with Crippen molar-refractivity contribution in [1.29, 1.82) is 0 Å². The van der Waals surface area contributed by atoms with Crippen molar-refractivity contribution in [2.75, 3.05) is 0 Å². The number of halogens is 6. The molecule has 4 rings (SSSR count). The van der Waals surface area contributed by atoms with Gasteiger partial charge in [-0.25, -0.2) is 14.5 Å². The molecule has 0 aliphatic heterocycles. The molecule has 0 amide bonds. The lowest BCUT2D eigenvalue weighted by molar-refractivity contribution is -0.197. The Bertz CT molecular complexity index is 1430. The number of fused-ring (bicyclic) bond motifs is 2. The van der Waals surface area contributed by atoms with Gasteiger partial charge < -0.3 is 4.89 Å². The van der Waals surface area contributed by atoms with E-state index in [-0.39, 0.29) is 19.2 Å². The third-order valence-electron chi connectivity index (χ3n) is 4.07. The van der Waals surface area contributed by atoms with Gasteiger partial charge in [-0.05, 0) is 24.3 Å². The van der Waals surface area contributed by atoms with E-state index in [1.54, 1.807) is 0 Å². The molecule has 182 valence electrons. The van der Waals surface area contributed by atoms with Crippen molar-refractivity contribution < 1.29 is 45.9 Å². The summed E-state index contributed by atoms with van der Waals surface area (Å²) in [6.45, 7) is 0. The third kappa shape index (κ3) is 5.72. The van der Waals surface area contributed by atoms with Gasteiger partial charge in [0.25, 0.3) is 0 Å². The number of thiazole rings is 2. The predicted octanol–water partition coefficient (Wildman–Crippen LogP) is 7.06. The highest BCUT2D eigenvalue weighted by Crippen LogP contribution is 2.67. The molecular formula is C16H9Br2F4N2O6P2S2+. The Kier molecular flexibility index (Phi) is 8.30. The van der Waals surface area contributed by atoms with Crippen molar-refractivity contribution >= 4 is 90.8 Å². The predicted molar refractivity (Wildman–Crippen MR) is 125 cm³/mol. The third-order valence-corrected chi connectivity index (χ3v) is 8.39. The Balaban J connectivity index is 0.000000751. The Morgan fingerprint density at radius 3 is 1.94 bits per heavy atom. The van der Waals surface area contributed by atoms with E-state index in [9.17, 15) is 27.0 Å². The average Bonchev–Trinajstić information content (AvgIpc) is 3.33. The van der Waals surface area contributed by atoms with Gasteiger partial charge in [-0.15, -0.1) is 32.5 Å². The van der Waals surface area contributed by atoms with Crippen LogP contribution in [0.15, 0.2) is 44.2 Å². The van der Waals surface area contributed by atoms with E-state index in [0.717, 1.165) is 23.5 Å². The quantitative estimate of drug-likeness (QED) is 0.150. The summed E-state index contributed by atoms with van der Waals surface area (Å²) >= 11 is 8.00. The van der Waals surface area contributed by atoms with Crippen LogP contribution in [-0.4, -0.2) is 24.6 Å². The van der Waals surface area contributed by atoms with Gasteiger partial charge in [0.05, 0.1) is 37.0 Å². The van der Waals surface area contributed by atoms with Gasteiger partial charge in [0.15, 0.2) is 0 Å². The van der Waals surface area contributed by atoms with Crippen LogP contribution < -0.4 is 0 Å². The molecule has 0 saturated carbocycles. The lowest BCUT2D eigenvalue weighted by atomic mass is 10.2. The summed E-state index contributed by atoms with van der Waals surface area (Å²) in [5.74, 6) is 0. The van der Waals surface area contributed by atoms with Crippen LogP contribution in [0.5, 0.6) is 0 Å². The standard InChI is InChI=1S/C16H7Br2F4N2O3PS2.HO3P/c17-9-3-12-13(29-6-24-12)2-8(9)16(21,22)28(25,26)27-15(19,20)7-1-11-14(4-10(7)18)30-5-23-11;1-4(2)3/h1-6H,(H,25,26);(H-,1,2,3)/p+1. The monoisotopic (exact) mass is 685 g/mol. The fourth-order valence-corrected chi connectivity index (χ4v) is 6.49. The Hall–Kier alpha value is -0.930. The van der Waals surface area contributed by atoms with Crippen LogP contribution in [0.2, 0.25) is 0 Å². The first-order valence-corrected chi connectivity index (χ1v) is 14.4. The van der Waals surface area contributed by atoms with E-state index in [0.29, 0.717) is 10.2 Å². The summed E-state index contributed by atoms with van der Waals surface area (Å²) in [5, 5.41) is 0. The fourth-order valence-electron chi connectivity index (χ4n) is 2.62. The van der Waals surface area contributed by atoms with E-state index < -0.39 is 38.7 Å². The van der Waals surface area contributed by atoms with E-state index in [1.165, 1.54) is 34.5 Å². The average molecular weight is 687 g/mol. The molecule has 8 nitrogen and oxygen atoms in total. The van der Waals surface area contributed by atoms with E-state index in [4.69, 9.17) is 14.4 Å². The molecule has 4 aromatic rings. The molecule has 18 heteroatoms. The van der Waals surface area contributed by atoms with Gasteiger partial charge in [0.1, 0.15) is 0 Å². The van der Waals surface area contributed by atoms with Crippen molar-refractivity contribution in [3.63, 3.8) is 0 Å². The smallest absolute Gasteiger partial charge is 0.320 e. The van der Waals surface area contributed by atoms with E-state index >= 15 is 0 Å². The Morgan fingerprint density at radius 1 is 0.912 bits per heavy atom. The van der Waals surface area contributed by atoms with Gasteiger partial charge in [-0.2, -0.15) is 17.6 Å². The molecule has 2 aromatic carbocycles. The summed E-state index contributed by atoms with van der Waals surface area (Å²) in [4.78, 5) is 32.0. The summed E-state index contributed by atoms with van der Waals surface area (Å²) < 4.78 is 84.8. The number of aromatic nitrogens is 2. The van der Waals surface area contributed by atoms with Crippen molar-refractivity contribution in [2.45, 2.75) is 11.8 Å². The minimum Gasteiger partial charge on any atom is -0.320 e. The number of hydrogen-bond donors (Lipinski definition) is 3. The van der Waals surface area contributed by atoms with Crippen molar-refractivity contribution in [3.05, 3.63) is 55.4 Å². The zero-order valence-electron chi connectivity index (χ0n) is 15.9. The lowest BCUT2D eigenvalue weighted by Gasteiger charge is -2.27. The highest BCUT2D eigenvalue weighted by atomic mass is 79.9. The first kappa shape index (κ1) is 27.7.